The molecule has 1 aromatic rings. The Hall–Kier alpha value is -1.61. The monoisotopic (exact) mass is 240 g/mol. The van der Waals surface area contributed by atoms with E-state index in [1.54, 1.807) is 13.0 Å². The molecule has 0 saturated carbocycles. The van der Waals surface area contributed by atoms with Gasteiger partial charge in [-0.05, 0) is 19.1 Å². The molecule has 0 aliphatic carbocycles. The Kier molecular flexibility index (Phi) is 2.35. The first kappa shape index (κ1) is 10.9. The van der Waals surface area contributed by atoms with Crippen LogP contribution in [0.3, 0.4) is 0 Å². The minimum Gasteiger partial charge on any atom is -0.377 e. The van der Waals surface area contributed by atoms with Crippen LogP contribution >= 0.6 is 0 Å². The van der Waals surface area contributed by atoms with Crippen molar-refractivity contribution < 1.29 is 12.8 Å². The van der Waals surface area contributed by atoms with Gasteiger partial charge < -0.3 is 5.32 Å². The molecule has 2 unspecified atom stereocenters. The zero-order valence-corrected chi connectivity index (χ0v) is 9.25. The number of nitrogens with zero attached hydrogens (tertiary/aromatic N) is 1. The minimum atomic E-state index is -3.77. The van der Waals surface area contributed by atoms with Crippen molar-refractivity contribution in [3.8, 4) is 6.07 Å². The number of hydrogen-bond donors (Lipinski definition) is 1. The van der Waals surface area contributed by atoms with Crippen LogP contribution in [0.4, 0.5) is 10.1 Å². The summed E-state index contributed by atoms with van der Waals surface area (Å²) in [5.41, 5.74) is -0.0403. The van der Waals surface area contributed by atoms with Crippen molar-refractivity contribution in [1.82, 2.24) is 0 Å². The predicted molar refractivity (Wildman–Crippen MR) is 56.1 cm³/mol. The van der Waals surface area contributed by atoms with Crippen molar-refractivity contribution in [2.24, 2.45) is 0 Å². The SMILES string of the molecule is CC1Nc2c(F)cccc2S(=O)(=O)C1C#N. The third-order valence-electron chi connectivity index (χ3n) is 2.57. The summed E-state index contributed by atoms with van der Waals surface area (Å²) in [6.07, 6.45) is 0. The highest BCUT2D eigenvalue weighted by atomic mass is 32.2. The molecule has 84 valence electrons. The standard InChI is InChI=1S/C10H9FN2O2S/c1-6-9(5-12)16(14,15)8-4-2-3-7(11)10(8)13-6/h2-4,6,9,13H,1H3. The van der Waals surface area contributed by atoms with Gasteiger partial charge in [0.25, 0.3) is 0 Å². The van der Waals surface area contributed by atoms with E-state index in [2.05, 4.69) is 5.32 Å². The Morgan fingerprint density at radius 2 is 2.19 bits per heavy atom. The Morgan fingerprint density at radius 3 is 2.81 bits per heavy atom. The van der Waals surface area contributed by atoms with Crippen LogP contribution in [0.25, 0.3) is 0 Å². The summed E-state index contributed by atoms with van der Waals surface area (Å²) < 4.78 is 37.3. The van der Waals surface area contributed by atoms with E-state index in [4.69, 9.17) is 5.26 Å². The van der Waals surface area contributed by atoms with Crippen molar-refractivity contribution in [2.75, 3.05) is 5.32 Å². The minimum absolute atomic E-state index is 0.0403. The number of sulfone groups is 1. The summed E-state index contributed by atoms with van der Waals surface area (Å²) in [7, 11) is -3.77. The second kappa shape index (κ2) is 3.46. The number of rotatable bonds is 0. The maximum absolute atomic E-state index is 13.4. The Morgan fingerprint density at radius 1 is 1.50 bits per heavy atom. The summed E-state index contributed by atoms with van der Waals surface area (Å²) in [5.74, 6) is -0.621. The molecule has 1 aromatic carbocycles. The van der Waals surface area contributed by atoms with Gasteiger partial charge in [-0.15, -0.1) is 0 Å². The fourth-order valence-corrected chi connectivity index (χ4v) is 3.50. The largest absolute Gasteiger partial charge is 0.377 e. The van der Waals surface area contributed by atoms with E-state index in [0.717, 1.165) is 0 Å². The Labute approximate surface area is 92.6 Å². The molecular formula is C10H9FN2O2S. The second-order valence-electron chi connectivity index (χ2n) is 3.64. The molecule has 1 heterocycles. The van der Waals surface area contributed by atoms with E-state index in [9.17, 15) is 12.8 Å². The van der Waals surface area contributed by atoms with Gasteiger partial charge >= 0.3 is 0 Å². The van der Waals surface area contributed by atoms with Crippen LogP contribution in [0, 0.1) is 17.1 Å². The van der Waals surface area contributed by atoms with Gasteiger partial charge in [-0.3, -0.25) is 0 Å². The van der Waals surface area contributed by atoms with Gasteiger partial charge in [0.15, 0.2) is 15.1 Å². The van der Waals surface area contributed by atoms with E-state index in [1.165, 1.54) is 18.2 Å². The summed E-state index contributed by atoms with van der Waals surface area (Å²) in [6.45, 7) is 1.54. The van der Waals surface area contributed by atoms with Crippen LogP contribution in [-0.4, -0.2) is 19.7 Å². The lowest BCUT2D eigenvalue weighted by molar-refractivity contribution is 0.570. The van der Waals surface area contributed by atoms with Crippen LogP contribution in [0.15, 0.2) is 23.1 Å². The average Bonchev–Trinajstić information content (AvgIpc) is 2.20. The fraction of sp³-hybridized carbons (Fsp3) is 0.300. The zero-order chi connectivity index (χ0) is 11.9. The van der Waals surface area contributed by atoms with Crippen molar-refractivity contribution in [3.05, 3.63) is 24.0 Å². The average molecular weight is 240 g/mol. The maximum atomic E-state index is 13.4. The van der Waals surface area contributed by atoms with Crippen molar-refractivity contribution in [1.29, 1.82) is 5.26 Å². The molecule has 0 amide bonds. The fourth-order valence-electron chi connectivity index (χ4n) is 1.77. The summed E-state index contributed by atoms with van der Waals surface area (Å²) >= 11 is 0. The quantitative estimate of drug-likeness (QED) is 0.742. The maximum Gasteiger partial charge on any atom is 0.198 e. The number of nitriles is 1. The predicted octanol–water partition coefficient (Wildman–Crippen LogP) is 1.31. The lowest BCUT2D eigenvalue weighted by atomic mass is 10.2. The normalized spacial score (nSPS) is 26.3. The molecule has 1 N–H and O–H groups in total. The number of nitrogens with one attached hydrogen (secondary N) is 1. The Balaban J connectivity index is 2.73. The third-order valence-corrected chi connectivity index (χ3v) is 4.71. The van der Waals surface area contributed by atoms with Gasteiger partial charge in [0, 0.05) is 0 Å². The van der Waals surface area contributed by atoms with Gasteiger partial charge in [0.2, 0.25) is 0 Å². The smallest absolute Gasteiger partial charge is 0.198 e. The van der Waals surface area contributed by atoms with Crippen LogP contribution < -0.4 is 5.32 Å². The number of halogens is 1. The molecule has 4 nitrogen and oxygen atoms in total. The molecule has 1 aliphatic heterocycles. The number of benzene rings is 1. The van der Waals surface area contributed by atoms with Crippen LogP contribution in [-0.2, 0) is 9.84 Å². The first-order valence-electron chi connectivity index (χ1n) is 4.67. The van der Waals surface area contributed by atoms with E-state index in [-0.39, 0.29) is 10.6 Å². The van der Waals surface area contributed by atoms with Gasteiger partial charge in [0.1, 0.15) is 5.82 Å². The van der Waals surface area contributed by atoms with E-state index in [1.807, 2.05) is 0 Å². The molecule has 0 bridgehead atoms. The summed E-state index contributed by atoms with van der Waals surface area (Å²) in [5, 5.41) is 10.4. The van der Waals surface area contributed by atoms with E-state index >= 15 is 0 Å². The summed E-state index contributed by atoms with van der Waals surface area (Å²) in [4.78, 5) is -0.142. The summed E-state index contributed by atoms with van der Waals surface area (Å²) in [6, 6.07) is 4.91. The zero-order valence-electron chi connectivity index (χ0n) is 8.44. The molecule has 2 rings (SSSR count). The molecule has 1 aliphatic rings. The van der Waals surface area contributed by atoms with Gasteiger partial charge in [-0.2, -0.15) is 5.26 Å². The van der Waals surface area contributed by atoms with Crippen LogP contribution in [0.5, 0.6) is 0 Å². The first-order valence-corrected chi connectivity index (χ1v) is 6.21. The van der Waals surface area contributed by atoms with Gasteiger partial charge in [-0.1, -0.05) is 6.07 Å². The second-order valence-corrected chi connectivity index (χ2v) is 5.68. The molecule has 2 atom stereocenters. The van der Waals surface area contributed by atoms with E-state index in [0.29, 0.717) is 0 Å². The molecule has 0 aromatic heterocycles. The number of hydrogen-bond acceptors (Lipinski definition) is 4. The molecular weight excluding hydrogens is 231 g/mol. The van der Waals surface area contributed by atoms with Crippen LogP contribution in [0.1, 0.15) is 6.92 Å². The topological polar surface area (TPSA) is 70.0 Å². The molecule has 0 radical (unpaired) electrons. The molecule has 0 spiro atoms. The molecule has 6 heteroatoms. The highest BCUT2D eigenvalue weighted by Gasteiger charge is 2.39. The van der Waals surface area contributed by atoms with E-state index < -0.39 is 26.9 Å². The van der Waals surface area contributed by atoms with Crippen molar-refractivity contribution >= 4 is 15.5 Å². The van der Waals surface area contributed by atoms with Crippen molar-refractivity contribution in [3.63, 3.8) is 0 Å². The highest BCUT2D eigenvalue weighted by Crippen LogP contribution is 2.33. The highest BCUT2D eigenvalue weighted by molar-refractivity contribution is 7.92. The van der Waals surface area contributed by atoms with Gasteiger partial charge in [-0.25, -0.2) is 12.8 Å². The third kappa shape index (κ3) is 1.36. The van der Waals surface area contributed by atoms with Crippen LogP contribution in [0.2, 0.25) is 0 Å². The first-order chi connectivity index (χ1) is 7.48. The number of anilines is 1. The van der Waals surface area contributed by atoms with Gasteiger partial charge in [0.05, 0.1) is 22.7 Å². The molecule has 0 fully saturated rings. The lowest BCUT2D eigenvalue weighted by Crippen LogP contribution is -2.41. The van der Waals surface area contributed by atoms with Crippen molar-refractivity contribution in [2.45, 2.75) is 23.1 Å². The molecule has 16 heavy (non-hydrogen) atoms. The lowest BCUT2D eigenvalue weighted by Gasteiger charge is -2.28. The number of para-hydroxylation sites is 1. The molecule has 0 saturated heterocycles. The number of fused-ring (bicyclic) bond motifs is 1. The Bertz CT molecular complexity index is 577.